The molecule has 0 aromatic carbocycles. The molecule has 1 aliphatic carbocycles. The van der Waals surface area contributed by atoms with Gasteiger partial charge in [-0.2, -0.15) is 0 Å². The molecule has 1 unspecified atom stereocenters. The van der Waals surface area contributed by atoms with E-state index in [4.69, 9.17) is 34.8 Å². The summed E-state index contributed by atoms with van der Waals surface area (Å²) in [5, 5.41) is 6.56. The lowest BCUT2D eigenvalue weighted by Crippen LogP contribution is -2.38. The van der Waals surface area contributed by atoms with Crippen LogP contribution < -0.4 is 10.6 Å². The van der Waals surface area contributed by atoms with Crippen molar-refractivity contribution < 1.29 is 4.79 Å². The smallest absolute Gasteiger partial charge is 0.242 e. The molecular formula is C11H12Cl3N3O. The normalized spacial score (nSPS) is 16.2. The van der Waals surface area contributed by atoms with Crippen molar-refractivity contribution in [1.29, 1.82) is 0 Å². The van der Waals surface area contributed by atoms with Crippen LogP contribution in [0.15, 0.2) is 6.07 Å². The molecule has 1 aliphatic rings. The van der Waals surface area contributed by atoms with E-state index in [0.717, 1.165) is 12.8 Å². The van der Waals surface area contributed by atoms with E-state index in [2.05, 4.69) is 15.6 Å². The predicted molar refractivity (Wildman–Crippen MR) is 73.5 cm³/mol. The minimum atomic E-state index is -0.437. The number of hydrogen-bond acceptors (Lipinski definition) is 3. The molecule has 1 amide bonds. The zero-order valence-electron chi connectivity index (χ0n) is 9.64. The van der Waals surface area contributed by atoms with Crippen molar-refractivity contribution in [2.75, 3.05) is 5.32 Å². The Labute approximate surface area is 120 Å². The lowest BCUT2D eigenvalue weighted by molar-refractivity contribution is -0.121. The second kappa shape index (κ2) is 5.51. The van der Waals surface area contributed by atoms with Crippen LogP contribution in [0.3, 0.4) is 0 Å². The number of nitrogens with zero attached hydrogens (tertiary/aromatic N) is 1. The number of aromatic nitrogens is 1. The number of pyridine rings is 1. The Morgan fingerprint density at radius 1 is 1.39 bits per heavy atom. The summed E-state index contributed by atoms with van der Waals surface area (Å²) in [5.41, 5.74) is 0. The lowest BCUT2D eigenvalue weighted by Gasteiger charge is -2.15. The first-order valence-electron chi connectivity index (χ1n) is 5.56. The number of hydrogen-bond donors (Lipinski definition) is 2. The Bertz CT molecular complexity index is 477. The fourth-order valence-electron chi connectivity index (χ4n) is 1.37. The molecule has 1 aromatic rings. The predicted octanol–water partition coefficient (Wildman–Crippen LogP) is 3.12. The number of carbonyl (C=O) groups is 1. The van der Waals surface area contributed by atoms with E-state index in [1.165, 1.54) is 6.07 Å². The van der Waals surface area contributed by atoms with Crippen LogP contribution in [0.25, 0.3) is 0 Å². The van der Waals surface area contributed by atoms with Crippen molar-refractivity contribution in [1.82, 2.24) is 10.3 Å². The van der Waals surface area contributed by atoms with Gasteiger partial charge in [-0.3, -0.25) is 4.79 Å². The Kier molecular flexibility index (Phi) is 4.20. The molecule has 0 bridgehead atoms. The summed E-state index contributed by atoms with van der Waals surface area (Å²) in [4.78, 5) is 15.8. The van der Waals surface area contributed by atoms with Gasteiger partial charge >= 0.3 is 0 Å². The maximum Gasteiger partial charge on any atom is 0.242 e. The molecule has 1 aromatic heterocycles. The van der Waals surface area contributed by atoms with Gasteiger partial charge in [0.25, 0.3) is 0 Å². The highest BCUT2D eigenvalue weighted by Gasteiger charge is 2.26. The number of anilines is 1. The van der Waals surface area contributed by atoms with Crippen LogP contribution in [0.4, 0.5) is 5.82 Å². The third-order valence-corrected chi connectivity index (χ3v) is 3.52. The van der Waals surface area contributed by atoms with E-state index in [1.54, 1.807) is 6.92 Å². The highest BCUT2D eigenvalue weighted by Crippen LogP contribution is 2.29. The molecule has 1 atom stereocenters. The lowest BCUT2D eigenvalue weighted by atomic mass is 10.3. The highest BCUT2D eigenvalue weighted by atomic mass is 35.5. The average molecular weight is 309 g/mol. The Balaban J connectivity index is 2.03. The third kappa shape index (κ3) is 3.40. The first-order valence-corrected chi connectivity index (χ1v) is 6.69. The molecule has 0 aliphatic heterocycles. The van der Waals surface area contributed by atoms with E-state index < -0.39 is 6.04 Å². The second-order valence-corrected chi connectivity index (χ2v) is 5.41. The zero-order valence-corrected chi connectivity index (χ0v) is 11.9. The minimum Gasteiger partial charge on any atom is -0.357 e. The second-order valence-electron chi connectivity index (χ2n) is 4.24. The largest absolute Gasteiger partial charge is 0.357 e. The van der Waals surface area contributed by atoms with Gasteiger partial charge in [0.05, 0.1) is 10.0 Å². The van der Waals surface area contributed by atoms with Crippen molar-refractivity contribution >= 4 is 46.5 Å². The summed E-state index contributed by atoms with van der Waals surface area (Å²) >= 11 is 17.5. The summed E-state index contributed by atoms with van der Waals surface area (Å²) in [5.74, 6) is 0.269. The number of amides is 1. The van der Waals surface area contributed by atoms with Crippen LogP contribution in [0.2, 0.25) is 15.2 Å². The molecule has 1 heterocycles. The van der Waals surface area contributed by atoms with Gasteiger partial charge in [0.15, 0.2) is 0 Å². The van der Waals surface area contributed by atoms with Crippen molar-refractivity contribution in [2.45, 2.75) is 31.8 Å². The molecule has 0 spiro atoms. The van der Waals surface area contributed by atoms with Crippen LogP contribution in [0.5, 0.6) is 0 Å². The molecule has 98 valence electrons. The van der Waals surface area contributed by atoms with Crippen molar-refractivity contribution in [3.8, 4) is 0 Å². The van der Waals surface area contributed by atoms with E-state index >= 15 is 0 Å². The van der Waals surface area contributed by atoms with Crippen molar-refractivity contribution in [2.24, 2.45) is 0 Å². The molecular weight excluding hydrogens is 297 g/mol. The summed E-state index contributed by atoms with van der Waals surface area (Å²) < 4.78 is 0. The van der Waals surface area contributed by atoms with Crippen LogP contribution in [-0.4, -0.2) is 23.0 Å². The van der Waals surface area contributed by atoms with Gasteiger partial charge in [-0.25, -0.2) is 4.98 Å². The van der Waals surface area contributed by atoms with Gasteiger partial charge in [-0.15, -0.1) is 0 Å². The Morgan fingerprint density at radius 2 is 2.06 bits per heavy atom. The monoisotopic (exact) mass is 307 g/mol. The molecule has 7 heteroatoms. The Morgan fingerprint density at radius 3 is 2.67 bits per heavy atom. The molecule has 0 saturated heterocycles. The molecule has 18 heavy (non-hydrogen) atoms. The maximum absolute atomic E-state index is 11.8. The van der Waals surface area contributed by atoms with E-state index in [1.807, 2.05) is 0 Å². The summed E-state index contributed by atoms with van der Waals surface area (Å²) in [7, 11) is 0. The first-order chi connectivity index (χ1) is 8.47. The molecule has 1 saturated carbocycles. The van der Waals surface area contributed by atoms with Gasteiger partial charge in [-0.05, 0) is 25.8 Å². The van der Waals surface area contributed by atoms with E-state index in [-0.39, 0.29) is 16.1 Å². The Hall–Kier alpha value is -0.710. The standard InChI is InChI=1S/C11H12Cl3N3O/c1-5(11(18)16-6-2-3-6)15-10-8(13)4-7(12)9(14)17-10/h4-6H,2-3H2,1H3,(H,15,17)(H,16,18). The minimum absolute atomic E-state index is 0.0820. The number of halogens is 3. The summed E-state index contributed by atoms with van der Waals surface area (Å²) in [6.07, 6.45) is 2.09. The topological polar surface area (TPSA) is 54.0 Å². The van der Waals surface area contributed by atoms with Crippen LogP contribution in [0.1, 0.15) is 19.8 Å². The van der Waals surface area contributed by atoms with Crippen molar-refractivity contribution in [3.63, 3.8) is 0 Å². The number of rotatable bonds is 4. The van der Waals surface area contributed by atoms with Crippen LogP contribution in [0, 0.1) is 0 Å². The van der Waals surface area contributed by atoms with Gasteiger partial charge in [0, 0.05) is 6.04 Å². The van der Waals surface area contributed by atoms with E-state index in [0.29, 0.717) is 16.9 Å². The van der Waals surface area contributed by atoms with Crippen LogP contribution in [-0.2, 0) is 4.79 Å². The fourth-order valence-corrected chi connectivity index (χ4v) is 1.92. The quantitative estimate of drug-likeness (QED) is 0.840. The van der Waals surface area contributed by atoms with Crippen LogP contribution >= 0.6 is 34.8 Å². The molecule has 1 fully saturated rings. The number of nitrogens with one attached hydrogen (secondary N) is 2. The third-order valence-electron chi connectivity index (χ3n) is 2.56. The molecule has 2 N–H and O–H groups in total. The number of carbonyl (C=O) groups excluding carboxylic acids is 1. The zero-order chi connectivity index (χ0) is 13.3. The fraction of sp³-hybridized carbons (Fsp3) is 0.455. The SMILES string of the molecule is CC(Nc1nc(Cl)c(Cl)cc1Cl)C(=O)NC1CC1. The van der Waals surface area contributed by atoms with Gasteiger partial charge in [-0.1, -0.05) is 34.8 Å². The summed E-state index contributed by atoms with van der Waals surface area (Å²) in [6.45, 7) is 1.73. The van der Waals surface area contributed by atoms with Gasteiger partial charge in [0.1, 0.15) is 17.0 Å². The van der Waals surface area contributed by atoms with Gasteiger partial charge < -0.3 is 10.6 Å². The molecule has 2 rings (SSSR count). The molecule has 4 nitrogen and oxygen atoms in total. The first kappa shape index (κ1) is 13.7. The summed E-state index contributed by atoms with van der Waals surface area (Å²) in [6, 6.07) is 1.37. The van der Waals surface area contributed by atoms with Gasteiger partial charge in [0.2, 0.25) is 5.91 Å². The highest BCUT2D eigenvalue weighted by molar-refractivity contribution is 6.42. The van der Waals surface area contributed by atoms with Crippen molar-refractivity contribution in [3.05, 3.63) is 21.3 Å². The van der Waals surface area contributed by atoms with E-state index in [9.17, 15) is 4.79 Å². The average Bonchev–Trinajstić information content (AvgIpc) is 3.09. The molecule has 0 radical (unpaired) electrons. The maximum atomic E-state index is 11.8.